The Hall–Kier alpha value is -2.41. The van der Waals surface area contributed by atoms with E-state index in [-0.39, 0.29) is 11.9 Å². The van der Waals surface area contributed by atoms with Gasteiger partial charge in [0.25, 0.3) is 5.91 Å². The maximum Gasteiger partial charge on any atom is 0.255 e. The lowest BCUT2D eigenvalue weighted by atomic mass is 10.2. The van der Waals surface area contributed by atoms with Crippen molar-refractivity contribution in [2.24, 2.45) is 5.84 Å². The Morgan fingerprint density at radius 2 is 2.37 bits per heavy atom. The topological polar surface area (TPSA) is 97.9 Å². The number of anilines is 1. The minimum Gasteiger partial charge on any atom is -0.348 e. The maximum atomic E-state index is 12.1. The summed E-state index contributed by atoms with van der Waals surface area (Å²) in [7, 11) is 0. The summed E-state index contributed by atoms with van der Waals surface area (Å²) in [4.78, 5) is 16.0. The molecule has 7 heteroatoms. The van der Waals surface area contributed by atoms with Gasteiger partial charge in [-0.15, -0.1) is 0 Å². The van der Waals surface area contributed by atoms with Gasteiger partial charge in [-0.3, -0.25) is 20.3 Å². The second kappa shape index (κ2) is 5.96. The molecule has 0 aromatic carbocycles. The monoisotopic (exact) mass is 260 g/mol. The number of nitrogens with two attached hydrogens (primary N) is 1. The van der Waals surface area contributed by atoms with Crippen molar-refractivity contribution in [2.45, 2.75) is 19.5 Å². The Kier molecular flexibility index (Phi) is 4.09. The summed E-state index contributed by atoms with van der Waals surface area (Å²) in [5.41, 5.74) is 3.43. The van der Waals surface area contributed by atoms with Crippen LogP contribution in [-0.4, -0.2) is 26.7 Å². The molecule has 0 bridgehead atoms. The van der Waals surface area contributed by atoms with Gasteiger partial charge in [0.2, 0.25) is 0 Å². The number of nitrogens with zero attached hydrogens (tertiary/aromatic N) is 3. The number of carbonyl (C=O) groups is 1. The largest absolute Gasteiger partial charge is 0.348 e. The van der Waals surface area contributed by atoms with Crippen LogP contribution in [-0.2, 0) is 6.54 Å². The molecule has 1 unspecified atom stereocenters. The smallest absolute Gasteiger partial charge is 0.255 e. The van der Waals surface area contributed by atoms with E-state index < -0.39 is 0 Å². The first kappa shape index (κ1) is 13.0. The first-order valence-electron chi connectivity index (χ1n) is 5.89. The predicted molar refractivity (Wildman–Crippen MR) is 71.2 cm³/mol. The number of nitrogen functional groups attached to an aromatic ring is 1. The summed E-state index contributed by atoms with van der Waals surface area (Å²) >= 11 is 0. The Labute approximate surface area is 110 Å². The number of hydrogen-bond donors (Lipinski definition) is 3. The van der Waals surface area contributed by atoms with Crippen molar-refractivity contribution in [3.63, 3.8) is 0 Å². The molecule has 2 aromatic heterocycles. The minimum absolute atomic E-state index is 0.0572. The number of nitrogens with one attached hydrogen (secondary N) is 2. The molecule has 1 amide bonds. The number of hydrogen-bond acceptors (Lipinski definition) is 5. The molecule has 0 spiro atoms. The molecule has 19 heavy (non-hydrogen) atoms. The lowest BCUT2D eigenvalue weighted by Gasteiger charge is -2.15. The van der Waals surface area contributed by atoms with E-state index in [1.807, 2.05) is 19.2 Å². The summed E-state index contributed by atoms with van der Waals surface area (Å²) in [6.45, 7) is 2.51. The van der Waals surface area contributed by atoms with Crippen LogP contribution in [0.4, 0.5) is 5.69 Å². The van der Waals surface area contributed by atoms with Gasteiger partial charge in [0, 0.05) is 30.8 Å². The highest BCUT2D eigenvalue weighted by molar-refractivity contribution is 5.99. The van der Waals surface area contributed by atoms with Gasteiger partial charge in [0.1, 0.15) is 0 Å². The third-order valence-electron chi connectivity index (χ3n) is 2.62. The highest BCUT2D eigenvalue weighted by atomic mass is 16.1. The third kappa shape index (κ3) is 3.29. The van der Waals surface area contributed by atoms with Crippen molar-refractivity contribution < 1.29 is 4.79 Å². The van der Waals surface area contributed by atoms with Crippen LogP contribution in [0.15, 0.2) is 36.9 Å². The van der Waals surface area contributed by atoms with Crippen molar-refractivity contribution in [3.05, 3.63) is 42.5 Å². The zero-order chi connectivity index (χ0) is 13.7. The normalized spacial score (nSPS) is 11.9. The first-order valence-corrected chi connectivity index (χ1v) is 5.89. The Balaban J connectivity index is 2.00. The molecular formula is C12H16N6O. The highest BCUT2D eigenvalue weighted by Crippen LogP contribution is 2.11. The average Bonchev–Trinajstić information content (AvgIpc) is 2.91. The number of rotatable bonds is 5. The van der Waals surface area contributed by atoms with E-state index in [1.54, 1.807) is 23.1 Å². The fourth-order valence-corrected chi connectivity index (χ4v) is 1.74. The molecule has 2 rings (SSSR count). The standard InChI is InChI=1S/C12H16N6O/c1-9(8-18-6-2-4-15-18)16-12(19)10-7-14-5-3-11(10)17-13/h2-7,9H,8,13H2,1H3,(H,14,17)(H,16,19). The van der Waals surface area contributed by atoms with Gasteiger partial charge in [-0.25, -0.2) is 0 Å². The average molecular weight is 260 g/mol. The van der Waals surface area contributed by atoms with Crippen LogP contribution in [0.1, 0.15) is 17.3 Å². The summed E-state index contributed by atoms with van der Waals surface area (Å²) < 4.78 is 1.76. The molecule has 0 radical (unpaired) electrons. The lowest BCUT2D eigenvalue weighted by Crippen LogP contribution is -2.36. The Morgan fingerprint density at radius 3 is 3.05 bits per heavy atom. The van der Waals surface area contributed by atoms with E-state index in [0.717, 1.165) is 0 Å². The summed E-state index contributed by atoms with van der Waals surface area (Å²) in [6, 6.07) is 3.43. The van der Waals surface area contributed by atoms with E-state index in [9.17, 15) is 4.79 Å². The van der Waals surface area contributed by atoms with Crippen LogP contribution in [0.3, 0.4) is 0 Å². The van der Waals surface area contributed by atoms with Crippen LogP contribution in [0, 0.1) is 0 Å². The van der Waals surface area contributed by atoms with Crippen molar-refractivity contribution >= 4 is 11.6 Å². The van der Waals surface area contributed by atoms with Crippen molar-refractivity contribution in [1.82, 2.24) is 20.1 Å². The number of amides is 1. The maximum absolute atomic E-state index is 12.1. The molecule has 1 atom stereocenters. The molecular weight excluding hydrogens is 244 g/mol. The van der Waals surface area contributed by atoms with Crippen LogP contribution < -0.4 is 16.6 Å². The van der Waals surface area contributed by atoms with Crippen LogP contribution in [0.25, 0.3) is 0 Å². The number of aromatic nitrogens is 3. The van der Waals surface area contributed by atoms with Crippen LogP contribution in [0.2, 0.25) is 0 Å². The van der Waals surface area contributed by atoms with E-state index >= 15 is 0 Å². The molecule has 2 heterocycles. The van der Waals surface area contributed by atoms with Gasteiger partial charge in [-0.05, 0) is 19.1 Å². The molecule has 2 aromatic rings. The lowest BCUT2D eigenvalue weighted by molar-refractivity contribution is 0.0936. The van der Waals surface area contributed by atoms with E-state index in [1.165, 1.54) is 6.20 Å². The van der Waals surface area contributed by atoms with Crippen molar-refractivity contribution in [3.8, 4) is 0 Å². The van der Waals surface area contributed by atoms with Crippen LogP contribution in [0.5, 0.6) is 0 Å². The predicted octanol–water partition coefficient (Wildman–Crippen LogP) is 0.382. The summed E-state index contributed by atoms with van der Waals surface area (Å²) in [5.74, 6) is 5.14. The summed E-state index contributed by atoms with van der Waals surface area (Å²) in [5, 5.41) is 6.96. The second-order valence-corrected chi connectivity index (χ2v) is 4.17. The molecule has 7 nitrogen and oxygen atoms in total. The number of carbonyl (C=O) groups excluding carboxylic acids is 1. The SMILES string of the molecule is CC(Cn1cccn1)NC(=O)c1cnccc1NN. The molecule has 0 saturated heterocycles. The number of pyridine rings is 1. The van der Waals surface area contributed by atoms with Crippen LogP contribution >= 0.6 is 0 Å². The fourth-order valence-electron chi connectivity index (χ4n) is 1.74. The van der Waals surface area contributed by atoms with Gasteiger partial charge in [-0.2, -0.15) is 5.10 Å². The Morgan fingerprint density at radius 1 is 1.53 bits per heavy atom. The van der Waals surface area contributed by atoms with Gasteiger partial charge >= 0.3 is 0 Å². The zero-order valence-corrected chi connectivity index (χ0v) is 10.6. The van der Waals surface area contributed by atoms with Gasteiger partial charge < -0.3 is 10.7 Å². The minimum atomic E-state index is -0.222. The number of hydrazine groups is 1. The van der Waals surface area contributed by atoms with Crippen molar-refractivity contribution in [1.29, 1.82) is 0 Å². The van der Waals surface area contributed by atoms with Crippen molar-refractivity contribution in [2.75, 3.05) is 5.43 Å². The molecule has 4 N–H and O–H groups in total. The third-order valence-corrected chi connectivity index (χ3v) is 2.62. The zero-order valence-electron chi connectivity index (χ0n) is 10.6. The van der Waals surface area contributed by atoms with Gasteiger partial charge in [0.15, 0.2) is 0 Å². The molecule has 0 fully saturated rings. The van der Waals surface area contributed by atoms with E-state index in [2.05, 4.69) is 20.8 Å². The molecule has 0 aliphatic carbocycles. The van der Waals surface area contributed by atoms with E-state index in [0.29, 0.717) is 17.8 Å². The van der Waals surface area contributed by atoms with Gasteiger partial charge in [-0.1, -0.05) is 0 Å². The second-order valence-electron chi connectivity index (χ2n) is 4.17. The van der Waals surface area contributed by atoms with Gasteiger partial charge in [0.05, 0.1) is 17.8 Å². The molecule has 100 valence electrons. The Bertz CT molecular complexity index is 539. The fraction of sp³-hybridized carbons (Fsp3) is 0.250. The molecule has 0 aliphatic rings. The molecule has 0 aliphatic heterocycles. The van der Waals surface area contributed by atoms with E-state index in [4.69, 9.17) is 5.84 Å². The quantitative estimate of drug-likeness (QED) is 0.533. The highest BCUT2D eigenvalue weighted by Gasteiger charge is 2.13. The first-order chi connectivity index (χ1) is 9.20. The molecule has 0 saturated carbocycles. The summed E-state index contributed by atoms with van der Waals surface area (Å²) in [6.07, 6.45) is 6.59.